The highest BCUT2D eigenvalue weighted by atomic mass is 127. The van der Waals surface area contributed by atoms with Gasteiger partial charge in [0.05, 0.1) is 23.4 Å². The number of thiazole rings is 1. The predicted octanol–water partition coefficient (Wildman–Crippen LogP) is 2.53. The molecule has 128 valence electrons. The van der Waals surface area contributed by atoms with E-state index < -0.39 is 0 Å². The van der Waals surface area contributed by atoms with Gasteiger partial charge in [-0.3, -0.25) is 4.99 Å². The standard InChI is InChI=1S/C15H23N5OS.HI/c1-3-16-14(18-10-11-21-2)17-8-9-19-15-20-12-6-4-5-7-13(12)22-15;/h4-7H,3,8-11H2,1-2H3,(H,19,20)(H2,16,17,18);1H. The van der Waals surface area contributed by atoms with Crippen molar-refractivity contribution in [2.45, 2.75) is 6.92 Å². The number of hydrogen-bond acceptors (Lipinski definition) is 5. The van der Waals surface area contributed by atoms with Crippen LogP contribution in [-0.2, 0) is 4.74 Å². The maximum absolute atomic E-state index is 5.00. The Kier molecular flexibility index (Phi) is 9.88. The van der Waals surface area contributed by atoms with Crippen LogP contribution in [-0.4, -0.2) is 50.8 Å². The molecule has 1 heterocycles. The van der Waals surface area contributed by atoms with Crippen LogP contribution < -0.4 is 16.0 Å². The highest BCUT2D eigenvalue weighted by Crippen LogP contribution is 2.24. The Morgan fingerprint density at radius 3 is 2.83 bits per heavy atom. The number of aromatic nitrogens is 1. The number of ether oxygens (including phenoxy) is 1. The topological polar surface area (TPSA) is 70.6 Å². The minimum atomic E-state index is 0. The number of anilines is 1. The molecule has 0 spiro atoms. The Morgan fingerprint density at radius 1 is 1.26 bits per heavy atom. The molecular weight excluding hydrogens is 425 g/mol. The summed E-state index contributed by atoms with van der Waals surface area (Å²) in [5.41, 5.74) is 1.04. The van der Waals surface area contributed by atoms with Gasteiger partial charge in [0.15, 0.2) is 11.1 Å². The number of hydrogen-bond donors (Lipinski definition) is 3. The summed E-state index contributed by atoms with van der Waals surface area (Å²) in [5, 5.41) is 10.8. The number of methoxy groups -OCH3 is 1. The molecule has 0 bridgehead atoms. The van der Waals surface area contributed by atoms with Crippen LogP contribution in [0.15, 0.2) is 29.3 Å². The van der Waals surface area contributed by atoms with Crippen LogP contribution in [0.3, 0.4) is 0 Å². The smallest absolute Gasteiger partial charge is 0.191 e. The van der Waals surface area contributed by atoms with Crippen LogP contribution >= 0.6 is 35.3 Å². The van der Waals surface area contributed by atoms with Gasteiger partial charge in [-0.25, -0.2) is 4.98 Å². The number of rotatable bonds is 8. The van der Waals surface area contributed by atoms with E-state index in [0.29, 0.717) is 13.2 Å². The molecule has 0 aliphatic carbocycles. The van der Waals surface area contributed by atoms with Crippen LogP contribution in [0.5, 0.6) is 0 Å². The molecule has 0 unspecified atom stereocenters. The molecule has 0 saturated heterocycles. The fourth-order valence-corrected chi connectivity index (χ4v) is 2.78. The van der Waals surface area contributed by atoms with Gasteiger partial charge in [0, 0.05) is 26.7 Å². The van der Waals surface area contributed by atoms with Crippen molar-refractivity contribution in [2.24, 2.45) is 4.99 Å². The molecule has 0 saturated carbocycles. The van der Waals surface area contributed by atoms with Gasteiger partial charge in [-0.15, -0.1) is 24.0 Å². The van der Waals surface area contributed by atoms with Crippen LogP contribution in [0.4, 0.5) is 5.13 Å². The molecule has 2 aromatic rings. The normalized spacial score (nSPS) is 11.1. The van der Waals surface area contributed by atoms with Crippen molar-refractivity contribution in [3.8, 4) is 0 Å². The third-order valence-corrected chi connectivity index (χ3v) is 3.89. The minimum Gasteiger partial charge on any atom is -0.383 e. The molecule has 1 aromatic carbocycles. The van der Waals surface area contributed by atoms with E-state index in [1.807, 2.05) is 25.1 Å². The maximum Gasteiger partial charge on any atom is 0.191 e. The molecule has 6 nitrogen and oxygen atoms in total. The van der Waals surface area contributed by atoms with E-state index >= 15 is 0 Å². The summed E-state index contributed by atoms with van der Waals surface area (Å²) in [5.74, 6) is 0.811. The molecule has 0 amide bonds. The van der Waals surface area contributed by atoms with Crippen molar-refractivity contribution in [1.29, 1.82) is 0 Å². The average molecular weight is 449 g/mol. The van der Waals surface area contributed by atoms with Crippen molar-refractivity contribution in [3.05, 3.63) is 24.3 Å². The van der Waals surface area contributed by atoms with Gasteiger partial charge in [-0.05, 0) is 19.1 Å². The van der Waals surface area contributed by atoms with Crippen LogP contribution in [0, 0.1) is 0 Å². The minimum absolute atomic E-state index is 0. The molecule has 3 N–H and O–H groups in total. The largest absolute Gasteiger partial charge is 0.383 e. The summed E-state index contributed by atoms with van der Waals surface area (Å²) in [6, 6.07) is 8.15. The zero-order valence-electron chi connectivity index (χ0n) is 13.5. The third-order valence-electron chi connectivity index (χ3n) is 2.90. The SMILES string of the molecule is CCNC(=NCCOC)NCCNc1nc2ccccc2s1.I. The number of nitrogens with one attached hydrogen (secondary N) is 3. The summed E-state index contributed by atoms with van der Waals surface area (Å²) in [6.07, 6.45) is 0. The fraction of sp³-hybridized carbons (Fsp3) is 0.467. The molecule has 8 heteroatoms. The summed E-state index contributed by atoms with van der Waals surface area (Å²) >= 11 is 1.67. The molecule has 0 atom stereocenters. The third kappa shape index (κ3) is 6.88. The maximum atomic E-state index is 5.00. The monoisotopic (exact) mass is 449 g/mol. The second kappa shape index (κ2) is 11.4. The number of para-hydroxylation sites is 1. The average Bonchev–Trinajstić information content (AvgIpc) is 2.94. The second-order valence-corrected chi connectivity index (χ2v) is 5.62. The van der Waals surface area contributed by atoms with Gasteiger partial charge in [-0.1, -0.05) is 23.5 Å². The Morgan fingerprint density at radius 2 is 2.09 bits per heavy atom. The number of nitrogens with zero attached hydrogens (tertiary/aromatic N) is 2. The molecule has 0 fully saturated rings. The van der Waals surface area contributed by atoms with Crippen LogP contribution in [0.1, 0.15) is 6.92 Å². The number of guanidine groups is 1. The first-order chi connectivity index (χ1) is 10.8. The van der Waals surface area contributed by atoms with Crippen molar-refractivity contribution in [3.63, 3.8) is 0 Å². The first-order valence-corrected chi connectivity index (χ1v) is 8.25. The van der Waals surface area contributed by atoms with Crippen LogP contribution in [0.2, 0.25) is 0 Å². The number of fused-ring (bicyclic) bond motifs is 1. The molecule has 1 aromatic heterocycles. The first kappa shape index (κ1) is 19.9. The van der Waals surface area contributed by atoms with Gasteiger partial charge < -0.3 is 20.7 Å². The lowest BCUT2D eigenvalue weighted by Crippen LogP contribution is -2.39. The van der Waals surface area contributed by atoms with Gasteiger partial charge in [0.2, 0.25) is 0 Å². The predicted molar refractivity (Wildman–Crippen MR) is 109 cm³/mol. The van der Waals surface area contributed by atoms with E-state index in [4.69, 9.17) is 4.74 Å². The zero-order valence-corrected chi connectivity index (χ0v) is 16.6. The summed E-state index contributed by atoms with van der Waals surface area (Å²) in [7, 11) is 1.68. The molecule has 0 aliphatic heterocycles. The molecule has 0 radical (unpaired) electrons. The Balaban J connectivity index is 0.00000264. The molecular formula is C15H24IN5OS. The lowest BCUT2D eigenvalue weighted by atomic mass is 10.3. The molecule has 0 aliphatic rings. The van der Waals surface area contributed by atoms with E-state index in [-0.39, 0.29) is 24.0 Å². The van der Waals surface area contributed by atoms with Gasteiger partial charge in [-0.2, -0.15) is 0 Å². The summed E-state index contributed by atoms with van der Waals surface area (Å²) in [6.45, 7) is 5.72. The second-order valence-electron chi connectivity index (χ2n) is 4.59. The Hall–Kier alpha value is -1.13. The fourth-order valence-electron chi connectivity index (χ4n) is 1.89. The van der Waals surface area contributed by atoms with Crippen molar-refractivity contribution in [1.82, 2.24) is 15.6 Å². The summed E-state index contributed by atoms with van der Waals surface area (Å²) < 4.78 is 6.20. The van der Waals surface area contributed by atoms with Gasteiger partial charge in [0.25, 0.3) is 0 Å². The Labute approximate surface area is 158 Å². The van der Waals surface area contributed by atoms with Gasteiger partial charge >= 0.3 is 0 Å². The number of aliphatic imine (C=N–C) groups is 1. The van der Waals surface area contributed by atoms with Crippen molar-refractivity contribution >= 4 is 56.6 Å². The molecule has 2 rings (SSSR count). The van der Waals surface area contributed by atoms with Crippen molar-refractivity contribution in [2.75, 3.05) is 45.2 Å². The quantitative estimate of drug-likeness (QED) is 0.250. The Bertz CT molecular complexity index is 571. The molecule has 23 heavy (non-hydrogen) atoms. The van der Waals surface area contributed by atoms with E-state index in [1.165, 1.54) is 4.70 Å². The van der Waals surface area contributed by atoms with E-state index in [9.17, 15) is 0 Å². The lowest BCUT2D eigenvalue weighted by Gasteiger charge is -2.11. The zero-order chi connectivity index (χ0) is 15.6. The summed E-state index contributed by atoms with van der Waals surface area (Å²) in [4.78, 5) is 8.95. The first-order valence-electron chi connectivity index (χ1n) is 7.44. The van der Waals surface area contributed by atoms with E-state index in [2.05, 4.69) is 32.0 Å². The van der Waals surface area contributed by atoms with E-state index in [0.717, 1.165) is 36.2 Å². The number of halogens is 1. The highest BCUT2D eigenvalue weighted by Gasteiger charge is 2.02. The van der Waals surface area contributed by atoms with Crippen LogP contribution in [0.25, 0.3) is 10.2 Å². The van der Waals surface area contributed by atoms with Gasteiger partial charge in [0.1, 0.15) is 0 Å². The number of benzene rings is 1. The van der Waals surface area contributed by atoms with E-state index in [1.54, 1.807) is 18.4 Å². The van der Waals surface area contributed by atoms with Crippen molar-refractivity contribution < 1.29 is 4.74 Å². The lowest BCUT2D eigenvalue weighted by molar-refractivity contribution is 0.208. The highest BCUT2D eigenvalue weighted by molar-refractivity contribution is 14.0.